The molecule has 0 spiro atoms. The van der Waals surface area contributed by atoms with Crippen molar-refractivity contribution in [2.24, 2.45) is 0 Å². The van der Waals surface area contributed by atoms with E-state index in [9.17, 15) is 9.59 Å². The summed E-state index contributed by atoms with van der Waals surface area (Å²) in [6.07, 6.45) is 1.38. The fourth-order valence-corrected chi connectivity index (χ4v) is 3.66. The first-order chi connectivity index (χ1) is 12.5. The van der Waals surface area contributed by atoms with Gasteiger partial charge in [0.25, 0.3) is 5.91 Å². The Morgan fingerprint density at radius 1 is 1.12 bits per heavy atom. The van der Waals surface area contributed by atoms with Gasteiger partial charge in [0, 0.05) is 39.0 Å². The van der Waals surface area contributed by atoms with Crippen LogP contribution < -0.4 is 10.6 Å². The third-order valence-corrected chi connectivity index (χ3v) is 5.32. The number of benzene rings is 1. The van der Waals surface area contributed by atoms with Crippen LogP contribution >= 0.6 is 0 Å². The van der Waals surface area contributed by atoms with Gasteiger partial charge in [0.15, 0.2) is 0 Å². The fraction of sp³-hybridized carbons (Fsp3) is 0.579. The van der Waals surface area contributed by atoms with Crippen LogP contribution in [0.15, 0.2) is 24.3 Å². The predicted molar refractivity (Wildman–Crippen MR) is 100 cm³/mol. The molecule has 26 heavy (non-hydrogen) atoms. The van der Waals surface area contributed by atoms with Crippen molar-refractivity contribution in [1.82, 2.24) is 15.1 Å². The minimum Gasteiger partial charge on any atom is -0.368 e. The van der Waals surface area contributed by atoms with E-state index in [4.69, 9.17) is 4.74 Å². The minimum atomic E-state index is -0.711. The molecule has 7 heteroatoms. The van der Waals surface area contributed by atoms with Gasteiger partial charge in [0.1, 0.15) is 5.60 Å². The van der Waals surface area contributed by atoms with E-state index in [1.54, 1.807) is 12.0 Å². The maximum Gasteiger partial charge on any atom is 0.321 e. The van der Waals surface area contributed by atoms with Gasteiger partial charge in [-0.1, -0.05) is 12.1 Å². The zero-order chi connectivity index (χ0) is 18.6. The summed E-state index contributed by atoms with van der Waals surface area (Å²) >= 11 is 0. The average Bonchev–Trinajstić information content (AvgIpc) is 2.68. The molecule has 0 atom stereocenters. The number of piperidine rings is 1. The van der Waals surface area contributed by atoms with Crippen LogP contribution in [-0.4, -0.2) is 73.7 Å². The number of anilines is 1. The lowest BCUT2D eigenvalue weighted by atomic mass is 9.90. The van der Waals surface area contributed by atoms with Crippen molar-refractivity contribution in [1.29, 1.82) is 0 Å². The maximum atomic E-state index is 13.0. The van der Waals surface area contributed by atoms with Crippen LogP contribution in [0.5, 0.6) is 0 Å². The molecule has 1 aromatic carbocycles. The Balaban J connectivity index is 1.55. The van der Waals surface area contributed by atoms with E-state index in [1.807, 2.05) is 36.1 Å². The zero-order valence-electron chi connectivity index (χ0n) is 15.6. The van der Waals surface area contributed by atoms with Gasteiger partial charge < -0.3 is 25.2 Å². The van der Waals surface area contributed by atoms with Gasteiger partial charge in [-0.2, -0.15) is 0 Å². The number of urea groups is 1. The van der Waals surface area contributed by atoms with Gasteiger partial charge >= 0.3 is 6.03 Å². The molecule has 3 rings (SSSR count). The summed E-state index contributed by atoms with van der Waals surface area (Å²) in [5.41, 5.74) is 1.18. The number of nitrogens with zero attached hydrogens (tertiary/aromatic N) is 2. The van der Waals surface area contributed by atoms with E-state index in [0.29, 0.717) is 39.0 Å². The summed E-state index contributed by atoms with van der Waals surface area (Å²) in [4.78, 5) is 29.0. The predicted octanol–water partition coefficient (Wildman–Crippen LogP) is 1.44. The van der Waals surface area contributed by atoms with Gasteiger partial charge in [-0.05, 0) is 50.6 Å². The lowest BCUT2D eigenvalue weighted by Crippen LogP contribution is -2.60. The highest BCUT2D eigenvalue weighted by Gasteiger charge is 2.43. The Labute approximate surface area is 154 Å². The molecule has 2 N–H and O–H groups in total. The highest BCUT2D eigenvalue weighted by molar-refractivity contribution is 5.90. The molecule has 7 nitrogen and oxygen atoms in total. The molecule has 1 aromatic rings. The number of piperazine rings is 1. The van der Waals surface area contributed by atoms with Crippen molar-refractivity contribution < 1.29 is 14.3 Å². The molecule has 0 bridgehead atoms. The first kappa shape index (κ1) is 18.7. The molecule has 2 aliphatic rings. The second-order valence-corrected chi connectivity index (χ2v) is 7.03. The van der Waals surface area contributed by atoms with Crippen molar-refractivity contribution >= 4 is 17.6 Å². The summed E-state index contributed by atoms with van der Waals surface area (Å²) in [6, 6.07) is 7.62. The van der Waals surface area contributed by atoms with Gasteiger partial charge in [-0.3, -0.25) is 4.79 Å². The number of amides is 3. The van der Waals surface area contributed by atoms with Crippen LogP contribution in [0.1, 0.15) is 18.4 Å². The number of hydrogen-bond acceptors (Lipinski definition) is 4. The van der Waals surface area contributed by atoms with Gasteiger partial charge in [0.05, 0.1) is 0 Å². The monoisotopic (exact) mass is 360 g/mol. The second kappa shape index (κ2) is 8.05. The number of carbonyl (C=O) groups excluding carboxylic acids is 2. The highest BCUT2D eigenvalue weighted by Crippen LogP contribution is 2.26. The van der Waals surface area contributed by atoms with Crippen molar-refractivity contribution in [3.63, 3.8) is 0 Å². The van der Waals surface area contributed by atoms with Gasteiger partial charge in [-0.15, -0.1) is 0 Å². The van der Waals surface area contributed by atoms with Crippen LogP contribution in [-0.2, 0) is 9.53 Å². The summed E-state index contributed by atoms with van der Waals surface area (Å²) < 4.78 is 5.63. The minimum absolute atomic E-state index is 0.0558. The van der Waals surface area contributed by atoms with Crippen LogP contribution in [0.25, 0.3) is 0 Å². The molecular weight excluding hydrogens is 332 g/mol. The SMILES string of the molecule is COC1(C(=O)N2CCN(C(=O)Nc3cccc(C)c3)CC2)CCNCC1. The van der Waals surface area contributed by atoms with E-state index >= 15 is 0 Å². The Bertz CT molecular complexity index is 650. The molecule has 0 unspecified atom stereocenters. The van der Waals surface area contributed by atoms with Crippen molar-refractivity contribution in [3.05, 3.63) is 29.8 Å². The molecule has 0 aliphatic carbocycles. The van der Waals surface area contributed by atoms with E-state index in [0.717, 1.165) is 24.3 Å². The zero-order valence-corrected chi connectivity index (χ0v) is 15.6. The normalized spacial score (nSPS) is 19.9. The smallest absolute Gasteiger partial charge is 0.321 e. The molecule has 2 fully saturated rings. The molecule has 2 saturated heterocycles. The molecule has 0 radical (unpaired) electrons. The van der Waals surface area contributed by atoms with Gasteiger partial charge in [-0.25, -0.2) is 4.79 Å². The third-order valence-electron chi connectivity index (χ3n) is 5.32. The maximum absolute atomic E-state index is 13.0. The largest absolute Gasteiger partial charge is 0.368 e. The number of rotatable bonds is 3. The topological polar surface area (TPSA) is 73.9 Å². The summed E-state index contributed by atoms with van der Waals surface area (Å²) in [7, 11) is 1.62. The molecule has 2 aliphatic heterocycles. The van der Waals surface area contributed by atoms with Crippen LogP contribution in [0, 0.1) is 6.92 Å². The highest BCUT2D eigenvalue weighted by atomic mass is 16.5. The Morgan fingerprint density at radius 3 is 2.38 bits per heavy atom. The standard InChI is InChI=1S/C19H28N4O3/c1-15-4-3-5-16(14-15)21-18(25)23-12-10-22(11-13-23)17(24)19(26-2)6-8-20-9-7-19/h3-5,14,20H,6-13H2,1-2H3,(H,21,25). The Hall–Kier alpha value is -2.12. The summed E-state index contributed by atoms with van der Waals surface area (Å²) in [6.45, 7) is 5.71. The fourth-order valence-electron chi connectivity index (χ4n) is 3.66. The number of methoxy groups -OCH3 is 1. The van der Waals surface area contributed by atoms with Crippen molar-refractivity contribution in [2.45, 2.75) is 25.4 Å². The number of carbonyl (C=O) groups is 2. The number of aryl methyl sites for hydroxylation is 1. The van der Waals surface area contributed by atoms with Crippen molar-refractivity contribution in [3.8, 4) is 0 Å². The number of hydrogen-bond donors (Lipinski definition) is 2. The number of nitrogens with one attached hydrogen (secondary N) is 2. The lowest BCUT2D eigenvalue weighted by Gasteiger charge is -2.42. The van der Waals surface area contributed by atoms with E-state index < -0.39 is 5.60 Å². The van der Waals surface area contributed by atoms with Crippen LogP contribution in [0.4, 0.5) is 10.5 Å². The quantitative estimate of drug-likeness (QED) is 0.855. The van der Waals surface area contributed by atoms with Crippen LogP contribution in [0.2, 0.25) is 0 Å². The molecular formula is C19H28N4O3. The lowest BCUT2D eigenvalue weighted by molar-refractivity contribution is -0.159. The molecule has 0 aromatic heterocycles. The van der Waals surface area contributed by atoms with E-state index in [-0.39, 0.29) is 11.9 Å². The van der Waals surface area contributed by atoms with E-state index in [2.05, 4.69) is 10.6 Å². The molecule has 0 saturated carbocycles. The number of ether oxygens (including phenoxy) is 1. The second-order valence-electron chi connectivity index (χ2n) is 7.03. The van der Waals surface area contributed by atoms with Crippen molar-refractivity contribution in [2.75, 3.05) is 51.7 Å². The van der Waals surface area contributed by atoms with E-state index in [1.165, 1.54) is 0 Å². The third kappa shape index (κ3) is 3.99. The Kier molecular flexibility index (Phi) is 5.78. The molecule has 142 valence electrons. The molecule has 2 heterocycles. The Morgan fingerprint density at radius 2 is 1.77 bits per heavy atom. The summed E-state index contributed by atoms with van der Waals surface area (Å²) in [5.74, 6) is 0.0558. The average molecular weight is 360 g/mol. The first-order valence-corrected chi connectivity index (χ1v) is 9.22. The molecule has 3 amide bonds. The van der Waals surface area contributed by atoms with Crippen LogP contribution in [0.3, 0.4) is 0 Å². The van der Waals surface area contributed by atoms with Gasteiger partial charge in [0.2, 0.25) is 0 Å². The first-order valence-electron chi connectivity index (χ1n) is 9.22. The summed E-state index contributed by atoms with van der Waals surface area (Å²) in [5, 5.41) is 6.20.